The number of hydrogen-bond donors (Lipinski definition) is 0. The lowest BCUT2D eigenvalue weighted by Gasteiger charge is -2.17. The van der Waals surface area contributed by atoms with E-state index in [2.05, 4.69) is 0 Å². The highest BCUT2D eigenvalue weighted by molar-refractivity contribution is 6.18. The van der Waals surface area contributed by atoms with Crippen LogP contribution in [0.25, 0.3) is 55.6 Å². The van der Waals surface area contributed by atoms with Gasteiger partial charge in [-0.1, -0.05) is 48.5 Å². The molecule has 6 aromatic rings. The molecular weight excluding hydrogens is 690 g/mol. The van der Waals surface area contributed by atoms with Gasteiger partial charge in [-0.25, -0.2) is 45.5 Å². The Kier molecular flexibility index (Phi) is 7.42. The Labute approximate surface area is 288 Å². The molecule has 2 heterocycles. The van der Waals surface area contributed by atoms with Crippen molar-refractivity contribution in [3.05, 3.63) is 154 Å². The molecule has 2 aliphatic heterocycles. The third-order valence-corrected chi connectivity index (χ3v) is 8.88. The van der Waals surface area contributed by atoms with Crippen molar-refractivity contribution in [2.24, 2.45) is 0 Å². The highest BCUT2D eigenvalue weighted by Crippen LogP contribution is 2.44. The molecule has 0 aromatic heterocycles. The monoisotopic (exact) mass is 706 g/mol. The second kappa shape index (κ2) is 11.9. The molecule has 0 unspecified atom stereocenters. The van der Waals surface area contributed by atoms with Gasteiger partial charge < -0.3 is 9.47 Å². The zero-order valence-corrected chi connectivity index (χ0v) is 26.0. The van der Waals surface area contributed by atoms with Gasteiger partial charge in [0.1, 0.15) is 0 Å². The first-order valence-corrected chi connectivity index (χ1v) is 15.3. The van der Waals surface area contributed by atoms with Gasteiger partial charge in [0.05, 0.1) is 22.3 Å². The minimum atomic E-state index is -1.62. The molecule has 0 saturated carbocycles. The van der Waals surface area contributed by atoms with E-state index in [1.54, 1.807) is 24.3 Å². The van der Waals surface area contributed by atoms with E-state index in [1.165, 1.54) is 48.5 Å². The van der Waals surface area contributed by atoms with E-state index in [1.807, 2.05) is 0 Å². The Balaban J connectivity index is 1.32. The van der Waals surface area contributed by atoms with Crippen molar-refractivity contribution in [3.8, 4) is 55.6 Å². The highest BCUT2D eigenvalue weighted by atomic mass is 19.2. The summed E-state index contributed by atoms with van der Waals surface area (Å²) in [5.41, 5.74) is 2.54. The Morgan fingerprint density at radius 2 is 0.538 bits per heavy atom. The molecule has 0 bridgehead atoms. The van der Waals surface area contributed by atoms with E-state index in [9.17, 15) is 45.5 Å². The molecule has 0 fully saturated rings. The van der Waals surface area contributed by atoms with E-state index in [-0.39, 0.29) is 44.5 Å². The van der Waals surface area contributed by atoms with Crippen LogP contribution in [0.5, 0.6) is 0 Å². The van der Waals surface area contributed by atoms with Gasteiger partial charge in [-0.2, -0.15) is 0 Å². The Morgan fingerprint density at radius 3 is 0.827 bits per heavy atom. The maximum atomic E-state index is 14.0. The van der Waals surface area contributed by atoms with Crippen LogP contribution in [0, 0.1) is 34.9 Å². The average Bonchev–Trinajstić information content (AvgIpc) is 3.58. The van der Waals surface area contributed by atoms with Crippen molar-refractivity contribution in [1.82, 2.24) is 0 Å². The molecule has 0 N–H and O–H groups in total. The summed E-state index contributed by atoms with van der Waals surface area (Å²) in [4.78, 5) is 50.8. The summed E-state index contributed by atoms with van der Waals surface area (Å²) in [6, 6.07) is 21.2. The van der Waals surface area contributed by atoms with Gasteiger partial charge in [-0.3, -0.25) is 0 Å². The maximum Gasteiger partial charge on any atom is 0.346 e. The first-order chi connectivity index (χ1) is 24.9. The minimum absolute atomic E-state index is 0.0463. The van der Waals surface area contributed by atoms with Crippen molar-refractivity contribution < 1.29 is 55.0 Å². The smallest absolute Gasteiger partial charge is 0.346 e. The molecule has 0 amide bonds. The lowest BCUT2D eigenvalue weighted by molar-refractivity contribution is 0.0425. The zero-order valence-electron chi connectivity index (χ0n) is 26.0. The number of esters is 4. The highest BCUT2D eigenvalue weighted by Gasteiger charge is 2.35. The standard InChI is InChI=1S/C40H16F6O6/c41-31-9-21(10-32(42)35(31)45)17-1-5-19(6-2-17)23-13-27-29(39(49)51-37(27)47)15-25(23)26-16-30-28(38(48)52-40(30)50)14-24(26)20-7-3-18(4-8-20)22-11-33(43)36(46)34(44)12-22/h1-16H. The van der Waals surface area contributed by atoms with Crippen molar-refractivity contribution in [3.63, 3.8) is 0 Å². The maximum absolute atomic E-state index is 14.0. The molecule has 0 radical (unpaired) electrons. The van der Waals surface area contributed by atoms with Gasteiger partial charge in [-0.05, 0) is 104 Å². The summed E-state index contributed by atoms with van der Waals surface area (Å²) in [5, 5.41) is 0. The number of fused-ring (bicyclic) bond motifs is 2. The van der Waals surface area contributed by atoms with Crippen LogP contribution in [0.1, 0.15) is 41.4 Å². The van der Waals surface area contributed by atoms with Gasteiger partial charge in [0, 0.05) is 0 Å². The molecular formula is C40H16F6O6. The molecule has 12 heteroatoms. The number of cyclic esters (lactones) is 4. The normalized spacial score (nSPS) is 13.3. The quantitative estimate of drug-likeness (QED) is 0.0769. The second-order valence-corrected chi connectivity index (χ2v) is 11.9. The van der Waals surface area contributed by atoms with Crippen LogP contribution in [-0.4, -0.2) is 23.9 Å². The number of carbonyl (C=O) groups excluding carboxylic acids is 4. The molecule has 254 valence electrons. The van der Waals surface area contributed by atoms with E-state index in [0.29, 0.717) is 33.4 Å². The van der Waals surface area contributed by atoms with Gasteiger partial charge in [0.25, 0.3) is 0 Å². The first-order valence-electron chi connectivity index (χ1n) is 15.3. The predicted octanol–water partition coefficient (Wildman–Crippen LogP) is 9.48. The van der Waals surface area contributed by atoms with Crippen molar-refractivity contribution in [1.29, 1.82) is 0 Å². The second-order valence-electron chi connectivity index (χ2n) is 11.9. The number of benzene rings is 6. The van der Waals surface area contributed by atoms with E-state index in [4.69, 9.17) is 9.47 Å². The molecule has 0 saturated heterocycles. The fraction of sp³-hybridized carbons (Fsp3) is 0. The van der Waals surface area contributed by atoms with Crippen LogP contribution in [0.3, 0.4) is 0 Å². The van der Waals surface area contributed by atoms with Crippen molar-refractivity contribution in [2.45, 2.75) is 0 Å². The third-order valence-electron chi connectivity index (χ3n) is 8.88. The van der Waals surface area contributed by atoms with Gasteiger partial charge >= 0.3 is 23.9 Å². The van der Waals surface area contributed by atoms with Crippen molar-refractivity contribution in [2.75, 3.05) is 0 Å². The summed E-state index contributed by atoms with van der Waals surface area (Å²) in [6.07, 6.45) is 0. The van der Waals surface area contributed by atoms with Crippen LogP contribution in [0.2, 0.25) is 0 Å². The lowest BCUT2D eigenvalue weighted by Crippen LogP contribution is -2.00. The Morgan fingerprint density at radius 1 is 0.288 bits per heavy atom. The summed E-state index contributed by atoms with van der Waals surface area (Å²) < 4.78 is 92.9. The summed E-state index contributed by atoms with van der Waals surface area (Å²) in [6.45, 7) is 0. The number of ether oxygens (including phenoxy) is 2. The number of rotatable bonds is 5. The van der Waals surface area contributed by atoms with E-state index < -0.39 is 58.8 Å². The van der Waals surface area contributed by atoms with Gasteiger partial charge in [-0.15, -0.1) is 0 Å². The SMILES string of the molecule is O=C1OC(=O)c2cc(-c3cc4c(cc3-c3ccc(-c5cc(F)c(F)c(F)c5)cc3)C(=O)OC4=O)c(-c3ccc(-c4cc(F)c(F)c(F)c4)cc3)cc21. The van der Waals surface area contributed by atoms with Crippen LogP contribution in [0.4, 0.5) is 26.3 Å². The van der Waals surface area contributed by atoms with E-state index >= 15 is 0 Å². The summed E-state index contributed by atoms with van der Waals surface area (Å²) in [5.74, 6) is -12.4. The molecule has 0 atom stereocenters. The molecule has 0 aliphatic carbocycles. The van der Waals surface area contributed by atoms with Gasteiger partial charge in [0.15, 0.2) is 34.9 Å². The number of hydrogen-bond acceptors (Lipinski definition) is 6. The minimum Gasteiger partial charge on any atom is -0.386 e. The summed E-state index contributed by atoms with van der Waals surface area (Å²) >= 11 is 0. The molecule has 6 aromatic carbocycles. The van der Waals surface area contributed by atoms with Crippen LogP contribution in [0.15, 0.2) is 97.1 Å². The molecule has 6 nitrogen and oxygen atoms in total. The lowest BCUT2D eigenvalue weighted by atomic mass is 9.84. The largest absolute Gasteiger partial charge is 0.386 e. The Bertz CT molecular complexity index is 2370. The van der Waals surface area contributed by atoms with Gasteiger partial charge in [0.2, 0.25) is 0 Å². The molecule has 52 heavy (non-hydrogen) atoms. The predicted molar refractivity (Wildman–Crippen MR) is 173 cm³/mol. The number of carbonyl (C=O) groups is 4. The van der Waals surface area contributed by atoms with Crippen molar-refractivity contribution >= 4 is 23.9 Å². The molecule has 8 rings (SSSR count). The van der Waals surface area contributed by atoms with Crippen LogP contribution in [-0.2, 0) is 9.47 Å². The molecule has 2 aliphatic rings. The topological polar surface area (TPSA) is 86.7 Å². The van der Waals surface area contributed by atoms with Crippen LogP contribution < -0.4 is 0 Å². The fourth-order valence-electron chi connectivity index (χ4n) is 6.32. The fourth-order valence-corrected chi connectivity index (χ4v) is 6.32. The number of halogens is 6. The Hall–Kier alpha value is -6.82. The van der Waals surface area contributed by atoms with Crippen LogP contribution >= 0.6 is 0 Å². The van der Waals surface area contributed by atoms with E-state index in [0.717, 1.165) is 24.3 Å². The summed E-state index contributed by atoms with van der Waals surface area (Å²) in [7, 11) is 0. The average molecular weight is 707 g/mol. The zero-order chi connectivity index (χ0) is 36.6. The first kappa shape index (κ1) is 32.4. The third kappa shape index (κ3) is 5.23. The molecule has 0 spiro atoms.